The van der Waals surface area contributed by atoms with Crippen LogP contribution >= 0.6 is 0 Å². The molecule has 4 rings (SSSR count). The van der Waals surface area contributed by atoms with Crippen molar-refractivity contribution in [3.05, 3.63) is 59.2 Å². The largest absolute Gasteiger partial charge is 0.488 e. The fraction of sp³-hybridized carbons (Fsp3) is 0.464. The van der Waals surface area contributed by atoms with Crippen LogP contribution in [0.2, 0.25) is 0 Å². The normalized spacial score (nSPS) is 15.3. The van der Waals surface area contributed by atoms with E-state index in [1.165, 1.54) is 12.1 Å². The Bertz CT molecular complexity index is 1220. The highest BCUT2D eigenvalue weighted by molar-refractivity contribution is 5.92. The van der Waals surface area contributed by atoms with Gasteiger partial charge in [-0.05, 0) is 55.0 Å². The van der Waals surface area contributed by atoms with Crippen LogP contribution in [0.5, 0.6) is 11.5 Å². The molecule has 0 amide bonds. The fourth-order valence-corrected chi connectivity index (χ4v) is 4.52. The monoisotopic (exact) mass is 518 g/mol. The molecule has 1 atom stereocenters. The van der Waals surface area contributed by atoms with E-state index in [1.807, 2.05) is 13.8 Å². The van der Waals surface area contributed by atoms with Gasteiger partial charge in [0.2, 0.25) is 11.3 Å². The van der Waals surface area contributed by atoms with Gasteiger partial charge in [0.05, 0.1) is 19.8 Å². The van der Waals surface area contributed by atoms with E-state index in [0.717, 1.165) is 18.7 Å². The lowest BCUT2D eigenvalue weighted by molar-refractivity contribution is 0.0320. The van der Waals surface area contributed by atoms with Gasteiger partial charge in [-0.25, -0.2) is 9.37 Å². The Morgan fingerprint density at radius 1 is 1.11 bits per heavy atom. The highest BCUT2D eigenvalue weighted by Crippen LogP contribution is 2.45. The average molecular weight is 519 g/mol. The molecule has 1 unspecified atom stereocenters. The Balaban J connectivity index is 1.63. The van der Waals surface area contributed by atoms with E-state index in [2.05, 4.69) is 16.5 Å². The number of fused-ring (bicyclic) bond motifs is 1. The number of rotatable bonds is 11. The number of halogens is 3. The van der Waals surface area contributed by atoms with Gasteiger partial charge in [0, 0.05) is 25.2 Å². The van der Waals surface area contributed by atoms with Crippen molar-refractivity contribution in [3.8, 4) is 11.5 Å². The Morgan fingerprint density at radius 2 is 1.78 bits per heavy atom. The number of benzene rings is 2. The molecule has 200 valence electrons. The second-order valence-electron chi connectivity index (χ2n) is 9.36. The molecule has 0 radical (unpaired) electrons. The zero-order valence-electron chi connectivity index (χ0n) is 21.5. The van der Waals surface area contributed by atoms with Crippen molar-refractivity contribution in [2.75, 3.05) is 46.1 Å². The molecule has 1 aromatic heterocycles. The number of hydrogen-bond acceptors (Lipinski definition) is 6. The topological polar surface area (TPSA) is 57.0 Å². The third kappa shape index (κ3) is 6.27. The third-order valence-electron chi connectivity index (χ3n) is 6.62. The Morgan fingerprint density at radius 3 is 2.43 bits per heavy atom. The summed E-state index contributed by atoms with van der Waals surface area (Å²) in [5.41, 5.74) is 3.43. The van der Waals surface area contributed by atoms with Crippen LogP contribution in [0.1, 0.15) is 55.2 Å². The standard InChI is InChI=1S/C28H33F3N2O4/c1-17(2)22-19(4)23-25(37-28(32-23)27(30)31)26(24(22)36-16-12-33-10-14-34-15-11-33)35-13-9-18(3)20-5-7-21(29)8-6-20/h5-8,18,27H,1,9-16H2,2-4H3. The molecule has 3 aromatic rings. The number of aryl methyl sites for hydroxylation is 1. The first kappa shape index (κ1) is 27.0. The van der Waals surface area contributed by atoms with Gasteiger partial charge in [-0.3, -0.25) is 4.90 Å². The lowest BCUT2D eigenvalue weighted by Crippen LogP contribution is -2.38. The van der Waals surface area contributed by atoms with E-state index < -0.39 is 12.3 Å². The minimum Gasteiger partial charge on any atom is -0.488 e. The molecule has 0 saturated carbocycles. The molecule has 1 aliphatic heterocycles. The summed E-state index contributed by atoms with van der Waals surface area (Å²) in [5, 5.41) is 0. The molecule has 37 heavy (non-hydrogen) atoms. The van der Waals surface area contributed by atoms with Crippen molar-refractivity contribution in [3.63, 3.8) is 0 Å². The molecule has 2 heterocycles. The van der Waals surface area contributed by atoms with E-state index in [4.69, 9.17) is 18.6 Å². The van der Waals surface area contributed by atoms with E-state index >= 15 is 0 Å². The molecule has 2 aromatic carbocycles. The lowest BCUT2D eigenvalue weighted by Gasteiger charge is -2.27. The van der Waals surface area contributed by atoms with Gasteiger partial charge in [0.15, 0.2) is 5.75 Å². The van der Waals surface area contributed by atoms with E-state index in [9.17, 15) is 13.2 Å². The SMILES string of the molecule is C=C(C)c1c(OCCN2CCOCC2)c(OCCC(C)c2ccc(F)cc2)c2oc(C(F)F)nc2c1C. The van der Waals surface area contributed by atoms with Crippen LogP contribution in [-0.4, -0.2) is 55.9 Å². The predicted molar refractivity (Wildman–Crippen MR) is 136 cm³/mol. The summed E-state index contributed by atoms with van der Waals surface area (Å²) in [6, 6.07) is 6.34. The number of allylic oxidation sites excluding steroid dienone is 1. The maximum Gasteiger partial charge on any atom is 0.313 e. The summed E-state index contributed by atoms with van der Waals surface area (Å²) >= 11 is 0. The highest BCUT2D eigenvalue weighted by atomic mass is 19.3. The van der Waals surface area contributed by atoms with E-state index in [0.29, 0.717) is 60.8 Å². The molecule has 0 spiro atoms. The number of alkyl halides is 2. The molecule has 0 bridgehead atoms. The minimum atomic E-state index is -2.86. The van der Waals surface area contributed by atoms with Gasteiger partial charge in [-0.1, -0.05) is 25.6 Å². The summed E-state index contributed by atoms with van der Waals surface area (Å²) in [5.74, 6) is -0.219. The molecular weight excluding hydrogens is 485 g/mol. The first-order chi connectivity index (χ1) is 17.8. The number of ether oxygens (including phenoxy) is 3. The van der Waals surface area contributed by atoms with Crippen LogP contribution in [0, 0.1) is 12.7 Å². The first-order valence-corrected chi connectivity index (χ1v) is 12.5. The molecule has 9 heteroatoms. The summed E-state index contributed by atoms with van der Waals surface area (Å²) in [7, 11) is 0. The summed E-state index contributed by atoms with van der Waals surface area (Å²) in [4.78, 5) is 6.30. The van der Waals surface area contributed by atoms with Crippen LogP contribution in [0.25, 0.3) is 16.7 Å². The van der Waals surface area contributed by atoms with Gasteiger partial charge >= 0.3 is 6.43 Å². The average Bonchev–Trinajstić information content (AvgIpc) is 3.33. The third-order valence-corrected chi connectivity index (χ3v) is 6.62. The zero-order valence-corrected chi connectivity index (χ0v) is 21.5. The molecule has 1 saturated heterocycles. The van der Waals surface area contributed by atoms with E-state index in [1.54, 1.807) is 19.1 Å². The predicted octanol–water partition coefficient (Wildman–Crippen LogP) is 6.53. The van der Waals surface area contributed by atoms with Gasteiger partial charge in [0.1, 0.15) is 17.9 Å². The van der Waals surface area contributed by atoms with Crippen LogP contribution in [0.15, 0.2) is 35.3 Å². The Hall–Kier alpha value is -3.04. The van der Waals surface area contributed by atoms with Crippen molar-refractivity contribution < 1.29 is 31.8 Å². The number of hydrogen-bond donors (Lipinski definition) is 0. The molecule has 0 N–H and O–H groups in total. The van der Waals surface area contributed by atoms with Crippen LogP contribution < -0.4 is 9.47 Å². The highest BCUT2D eigenvalue weighted by Gasteiger charge is 2.27. The molecule has 1 aliphatic rings. The Kier molecular flexibility index (Phi) is 8.76. The molecule has 1 fully saturated rings. The van der Waals surface area contributed by atoms with Gasteiger partial charge in [0.25, 0.3) is 5.89 Å². The first-order valence-electron chi connectivity index (χ1n) is 12.5. The summed E-state index contributed by atoms with van der Waals surface area (Å²) in [6.07, 6.45) is -2.26. The fourth-order valence-electron chi connectivity index (χ4n) is 4.52. The molecule has 0 aliphatic carbocycles. The van der Waals surface area contributed by atoms with Crippen molar-refractivity contribution in [2.45, 2.75) is 39.5 Å². The van der Waals surface area contributed by atoms with Crippen molar-refractivity contribution in [1.82, 2.24) is 9.88 Å². The number of oxazole rings is 1. The Labute approximate surface area is 215 Å². The minimum absolute atomic E-state index is 0.0826. The van der Waals surface area contributed by atoms with Crippen LogP contribution in [-0.2, 0) is 4.74 Å². The maximum absolute atomic E-state index is 13.5. The second-order valence-corrected chi connectivity index (χ2v) is 9.36. The number of morpholine rings is 1. The van der Waals surface area contributed by atoms with Crippen LogP contribution in [0.4, 0.5) is 13.2 Å². The van der Waals surface area contributed by atoms with Crippen LogP contribution in [0.3, 0.4) is 0 Å². The van der Waals surface area contributed by atoms with E-state index in [-0.39, 0.29) is 29.7 Å². The zero-order chi connectivity index (χ0) is 26.5. The maximum atomic E-state index is 13.5. The molecular formula is C28H33F3N2O4. The number of aromatic nitrogens is 1. The summed E-state index contributed by atoms with van der Waals surface area (Å²) < 4.78 is 63.7. The van der Waals surface area contributed by atoms with Gasteiger partial charge in [-0.15, -0.1) is 0 Å². The second kappa shape index (κ2) is 12.0. The lowest BCUT2D eigenvalue weighted by atomic mass is 9.98. The van der Waals surface area contributed by atoms with Gasteiger partial charge in [-0.2, -0.15) is 8.78 Å². The van der Waals surface area contributed by atoms with Crippen molar-refractivity contribution >= 4 is 16.7 Å². The molecule has 6 nitrogen and oxygen atoms in total. The number of nitrogens with zero attached hydrogens (tertiary/aromatic N) is 2. The quantitative estimate of drug-likeness (QED) is 0.288. The van der Waals surface area contributed by atoms with Gasteiger partial charge < -0.3 is 18.6 Å². The van der Waals surface area contributed by atoms with Crippen molar-refractivity contribution in [2.24, 2.45) is 0 Å². The van der Waals surface area contributed by atoms with Crippen molar-refractivity contribution in [1.29, 1.82) is 0 Å². The smallest absolute Gasteiger partial charge is 0.313 e. The summed E-state index contributed by atoms with van der Waals surface area (Å²) in [6.45, 7) is 14.0.